The maximum absolute atomic E-state index is 14.0. The van der Waals surface area contributed by atoms with Crippen molar-refractivity contribution in [2.24, 2.45) is 0 Å². The Balaban J connectivity index is 1.96. The fourth-order valence-corrected chi connectivity index (χ4v) is 2.44. The lowest BCUT2D eigenvalue weighted by atomic mass is 10.1. The molecule has 0 saturated heterocycles. The fourth-order valence-electron chi connectivity index (χ4n) is 2.11. The number of amides is 1. The average molecular weight is 376 g/mol. The standard InChI is InChI=1S/C16H11ClFN5OS/c17-9-1-2-12(18)11(5-9)13-7-14(16(25)23-22-13)21-10-3-4-19-15(6-10)20-8-24/h1-8H,(H,23,25)(H2,19,20,21,22,24). The molecule has 2 N–H and O–H groups in total. The van der Waals surface area contributed by atoms with Gasteiger partial charge in [0.05, 0.1) is 11.4 Å². The molecule has 0 saturated carbocycles. The van der Waals surface area contributed by atoms with Gasteiger partial charge in [0.15, 0.2) is 0 Å². The first kappa shape index (κ1) is 17.1. The largest absolute Gasteiger partial charge is 0.353 e. The summed E-state index contributed by atoms with van der Waals surface area (Å²) in [5.41, 5.74) is 1.69. The number of hydrogen-bond acceptors (Lipinski definition) is 6. The Kier molecular flexibility index (Phi) is 5.11. The summed E-state index contributed by atoms with van der Waals surface area (Å²) in [4.78, 5) is 14.5. The number of pyridine rings is 1. The van der Waals surface area contributed by atoms with E-state index in [9.17, 15) is 9.18 Å². The first-order valence-electron chi connectivity index (χ1n) is 7.02. The normalized spacial score (nSPS) is 10.4. The van der Waals surface area contributed by atoms with E-state index in [4.69, 9.17) is 11.6 Å². The van der Waals surface area contributed by atoms with Crippen molar-refractivity contribution >= 4 is 47.8 Å². The summed E-state index contributed by atoms with van der Waals surface area (Å²) in [6.45, 7) is 0. The zero-order valence-corrected chi connectivity index (χ0v) is 14.2. The van der Waals surface area contributed by atoms with Crippen LogP contribution in [0.5, 0.6) is 0 Å². The molecular formula is C16H11ClFN5OS. The minimum absolute atomic E-state index is 0.231. The van der Waals surface area contributed by atoms with Crippen molar-refractivity contribution in [2.45, 2.75) is 5.03 Å². The molecule has 0 aliphatic rings. The van der Waals surface area contributed by atoms with Gasteiger partial charge in [-0.05, 0) is 30.3 Å². The lowest BCUT2D eigenvalue weighted by Crippen LogP contribution is -2.00. The first-order chi connectivity index (χ1) is 12.1. The number of benzene rings is 1. The monoisotopic (exact) mass is 375 g/mol. The Bertz CT molecular complexity index is 940. The highest BCUT2D eigenvalue weighted by atomic mass is 35.5. The number of carbonyl (C=O) groups excluding carboxylic acids is 1. The van der Waals surface area contributed by atoms with E-state index in [-0.39, 0.29) is 5.56 Å². The Morgan fingerprint density at radius 3 is 2.80 bits per heavy atom. The summed E-state index contributed by atoms with van der Waals surface area (Å²) in [6, 6.07) is 9.13. The highest BCUT2D eigenvalue weighted by Crippen LogP contribution is 2.29. The van der Waals surface area contributed by atoms with Gasteiger partial charge in [0.1, 0.15) is 16.7 Å². The number of nitrogens with zero attached hydrogens (tertiary/aromatic N) is 3. The maximum Gasteiger partial charge on any atom is 0.212 e. The summed E-state index contributed by atoms with van der Waals surface area (Å²) < 4.78 is 14.0. The van der Waals surface area contributed by atoms with Gasteiger partial charge in [-0.1, -0.05) is 11.6 Å². The van der Waals surface area contributed by atoms with Crippen LogP contribution in [-0.4, -0.2) is 21.6 Å². The Labute approximate surface area is 152 Å². The van der Waals surface area contributed by atoms with Crippen molar-refractivity contribution in [1.29, 1.82) is 0 Å². The molecule has 0 aliphatic carbocycles. The maximum atomic E-state index is 14.0. The molecule has 2 aromatic heterocycles. The van der Waals surface area contributed by atoms with Crippen molar-refractivity contribution < 1.29 is 9.18 Å². The van der Waals surface area contributed by atoms with Crippen LogP contribution in [0, 0.1) is 5.82 Å². The Morgan fingerprint density at radius 2 is 2.00 bits per heavy atom. The van der Waals surface area contributed by atoms with Crippen LogP contribution in [0.1, 0.15) is 0 Å². The predicted octanol–water partition coefficient (Wildman–Crippen LogP) is 3.93. The number of aromatic nitrogens is 3. The van der Waals surface area contributed by atoms with Crippen LogP contribution in [0.2, 0.25) is 5.02 Å². The van der Waals surface area contributed by atoms with Gasteiger partial charge >= 0.3 is 0 Å². The molecule has 0 spiro atoms. The second-order valence-electron chi connectivity index (χ2n) is 4.91. The number of hydrogen-bond donors (Lipinski definition) is 3. The van der Waals surface area contributed by atoms with Crippen molar-refractivity contribution in [2.75, 3.05) is 10.6 Å². The van der Waals surface area contributed by atoms with E-state index in [1.165, 1.54) is 24.4 Å². The molecule has 6 nitrogen and oxygen atoms in total. The number of nitrogens with one attached hydrogen (secondary N) is 2. The van der Waals surface area contributed by atoms with Crippen molar-refractivity contribution in [3.8, 4) is 11.3 Å². The van der Waals surface area contributed by atoms with Crippen molar-refractivity contribution in [1.82, 2.24) is 15.2 Å². The smallest absolute Gasteiger partial charge is 0.212 e. The molecule has 9 heteroatoms. The van der Waals surface area contributed by atoms with E-state index in [0.29, 0.717) is 39.3 Å². The van der Waals surface area contributed by atoms with Gasteiger partial charge in [-0.15, -0.1) is 22.8 Å². The molecule has 0 fully saturated rings. The second-order valence-corrected chi connectivity index (χ2v) is 5.77. The van der Waals surface area contributed by atoms with E-state index < -0.39 is 5.82 Å². The van der Waals surface area contributed by atoms with E-state index in [2.05, 4.69) is 38.4 Å². The molecule has 0 unspecified atom stereocenters. The van der Waals surface area contributed by atoms with Crippen LogP contribution < -0.4 is 10.6 Å². The van der Waals surface area contributed by atoms with Gasteiger partial charge < -0.3 is 10.6 Å². The summed E-state index contributed by atoms with van der Waals surface area (Å²) in [5, 5.41) is 14.2. The van der Waals surface area contributed by atoms with Gasteiger partial charge in [-0.25, -0.2) is 9.37 Å². The minimum Gasteiger partial charge on any atom is -0.353 e. The van der Waals surface area contributed by atoms with Crippen LogP contribution in [0.25, 0.3) is 11.3 Å². The number of thiol groups is 1. The minimum atomic E-state index is -0.460. The van der Waals surface area contributed by atoms with Gasteiger partial charge in [0.25, 0.3) is 0 Å². The number of halogens is 2. The van der Waals surface area contributed by atoms with Crippen molar-refractivity contribution in [3.63, 3.8) is 0 Å². The Hall–Kier alpha value is -2.71. The summed E-state index contributed by atoms with van der Waals surface area (Å²) >= 11 is 10.2. The van der Waals surface area contributed by atoms with Gasteiger partial charge in [-0.3, -0.25) is 4.79 Å². The molecule has 1 aromatic carbocycles. The van der Waals surface area contributed by atoms with E-state index in [1.807, 2.05) is 0 Å². The molecule has 3 rings (SSSR count). The van der Waals surface area contributed by atoms with Crippen LogP contribution in [0.15, 0.2) is 47.6 Å². The summed E-state index contributed by atoms with van der Waals surface area (Å²) in [6.07, 6.45) is 2.06. The van der Waals surface area contributed by atoms with Crippen LogP contribution >= 0.6 is 24.2 Å². The predicted molar refractivity (Wildman–Crippen MR) is 96.9 cm³/mol. The fraction of sp³-hybridized carbons (Fsp3) is 0. The third-order valence-corrected chi connectivity index (χ3v) is 3.79. The molecule has 25 heavy (non-hydrogen) atoms. The molecule has 1 amide bonds. The molecule has 0 radical (unpaired) electrons. The molecule has 3 aromatic rings. The first-order valence-corrected chi connectivity index (χ1v) is 7.84. The highest BCUT2D eigenvalue weighted by molar-refractivity contribution is 7.80. The SMILES string of the molecule is O=CNc1cc(Nc2cc(-c3cc(Cl)ccc3F)nnc2S)ccn1. The van der Waals surface area contributed by atoms with Gasteiger partial charge in [0, 0.05) is 28.5 Å². The van der Waals surface area contributed by atoms with Gasteiger partial charge in [-0.2, -0.15) is 0 Å². The van der Waals surface area contributed by atoms with Crippen LogP contribution in [0.3, 0.4) is 0 Å². The zero-order chi connectivity index (χ0) is 17.8. The lowest BCUT2D eigenvalue weighted by Gasteiger charge is -2.11. The van der Waals surface area contributed by atoms with Gasteiger partial charge in [0.2, 0.25) is 6.41 Å². The Morgan fingerprint density at radius 1 is 1.16 bits per heavy atom. The quantitative estimate of drug-likeness (QED) is 0.465. The van der Waals surface area contributed by atoms with E-state index in [0.717, 1.165) is 0 Å². The zero-order valence-electron chi connectivity index (χ0n) is 12.6. The topological polar surface area (TPSA) is 79.8 Å². The summed E-state index contributed by atoms with van der Waals surface area (Å²) in [7, 11) is 0. The van der Waals surface area contributed by atoms with Crippen LogP contribution in [-0.2, 0) is 4.79 Å². The molecule has 0 aliphatic heterocycles. The number of rotatable bonds is 5. The van der Waals surface area contributed by atoms with Crippen LogP contribution in [0.4, 0.5) is 21.6 Å². The number of anilines is 3. The summed E-state index contributed by atoms with van der Waals surface area (Å²) in [5.74, 6) is -0.0817. The molecule has 126 valence electrons. The highest BCUT2D eigenvalue weighted by Gasteiger charge is 2.11. The molecule has 2 heterocycles. The van der Waals surface area contributed by atoms with Crippen molar-refractivity contribution in [3.05, 3.63) is 53.4 Å². The third kappa shape index (κ3) is 4.04. The molecule has 0 bridgehead atoms. The number of carbonyl (C=O) groups is 1. The lowest BCUT2D eigenvalue weighted by molar-refractivity contribution is -0.105. The average Bonchev–Trinajstić information content (AvgIpc) is 2.60. The van der Waals surface area contributed by atoms with E-state index >= 15 is 0 Å². The second kappa shape index (κ2) is 7.45. The van der Waals surface area contributed by atoms with E-state index in [1.54, 1.807) is 18.2 Å². The molecular weight excluding hydrogens is 365 g/mol. The third-order valence-electron chi connectivity index (χ3n) is 3.22. The molecule has 0 atom stereocenters.